The predicted octanol–water partition coefficient (Wildman–Crippen LogP) is 0.113. The summed E-state index contributed by atoms with van der Waals surface area (Å²) in [5.74, 6) is -0.347. The number of morpholine rings is 1. The number of amides is 1. The molecule has 1 aliphatic rings. The van der Waals surface area contributed by atoms with Gasteiger partial charge in [-0.25, -0.2) is 0 Å². The van der Waals surface area contributed by atoms with Crippen LogP contribution in [0.25, 0.3) is 0 Å². The summed E-state index contributed by atoms with van der Waals surface area (Å²) in [4.78, 5) is 13.5. The number of carbonyl (C=O) groups is 1. The van der Waals surface area contributed by atoms with E-state index in [2.05, 4.69) is 17.4 Å². The Morgan fingerprint density at radius 1 is 1.48 bits per heavy atom. The number of carbonyl (C=O) groups excluding carboxylic acids is 1. The van der Waals surface area contributed by atoms with Crippen molar-refractivity contribution in [3.05, 3.63) is 29.8 Å². The second-order valence-corrected chi connectivity index (χ2v) is 5.02. The molecule has 1 aromatic rings. The number of primary amides is 1. The molecule has 0 saturated carbocycles. The first-order valence-electron chi connectivity index (χ1n) is 7.14. The smallest absolute Gasteiger partial charge is 0.242 e. The number of hydrogen-bond donors (Lipinski definition) is 2. The fraction of sp³-hybridized carbons (Fsp3) is 0.533. The number of benzene rings is 1. The van der Waals surface area contributed by atoms with Crippen molar-refractivity contribution in [2.75, 3.05) is 44.9 Å². The largest absolute Gasteiger partial charge is 0.383 e. The van der Waals surface area contributed by atoms with Crippen LogP contribution >= 0.6 is 0 Å². The molecular weight excluding hydrogens is 270 g/mol. The maximum Gasteiger partial charge on any atom is 0.242 e. The Morgan fingerprint density at radius 2 is 2.24 bits per heavy atom. The summed E-state index contributed by atoms with van der Waals surface area (Å²) in [6, 6.07) is 7.78. The highest BCUT2D eigenvalue weighted by molar-refractivity contribution is 5.84. The average molecular weight is 293 g/mol. The number of rotatable bonds is 7. The number of hydrogen-bond acceptors (Lipinski definition) is 5. The third-order valence-corrected chi connectivity index (χ3v) is 3.54. The Hall–Kier alpha value is -1.63. The van der Waals surface area contributed by atoms with Gasteiger partial charge in [0.15, 0.2) is 0 Å². The molecule has 6 nitrogen and oxygen atoms in total. The van der Waals surface area contributed by atoms with Crippen molar-refractivity contribution in [3.8, 4) is 0 Å². The maximum atomic E-state index is 11.5. The third-order valence-electron chi connectivity index (χ3n) is 3.54. The number of nitrogens with two attached hydrogens (primary N) is 1. The molecule has 1 atom stereocenters. The Morgan fingerprint density at radius 3 is 2.90 bits per heavy atom. The van der Waals surface area contributed by atoms with Crippen molar-refractivity contribution in [1.29, 1.82) is 0 Å². The lowest BCUT2D eigenvalue weighted by molar-refractivity contribution is -0.121. The van der Waals surface area contributed by atoms with Gasteiger partial charge in [0, 0.05) is 32.4 Å². The van der Waals surface area contributed by atoms with Crippen LogP contribution in [0.2, 0.25) is 0 Å². The summed E-state index contributed by atoms with van der Waals surface area (Å²) in [5.41, 5.74) is 7.63. The van der Waals surface area contributed by atoms with Gasteiger partial charge in [0.25, 0.3) is 0 Å². The van der Waals surface area contributed by atoms with Crippen LogP contribution in [0.1, 0.15) is 5.56 Å². The monoisotopic (exact) mass is 293 g/mol. The summed E-state index contributed by atoms with van der Waals surface area (Å²) < 4.78 is 10.3. The van der Waals surface area contributed by atoms with E-state index in [-0.39, 0.29) is 11.9 Å². The van der Waals surface area contributed by atoms with Crippen molar-refractivity contribution in [2.24, 2.45) is 5.73 Å². The second kappa shape index (κ2) is 7.97. The van der Waals surface area contributed by atoms with Crippen molar-refractivity contribution >= 4 is 11.6 Å². The van der Waals surface area contributed by atoms with Crippen LogP contribution in [-0.2, 0) is 20.8 Å². The van der Waals surface area contributed by atoms with E-state index in [1.165, 1.54) is 5.56 Å². The Balaban J connectivity index is 1.95. The number of nitrogens with zero attached hydrogens (tertiary/aromatic N) is 1. The zero-order valence-electron chi connectivity index (χ0n) is 12.4. The highest BCUT2D eigenvalue weighted by atomic mass is 16.5. The lowest BCUT2D eigenvalue weighted by Gasteiger charge is -2.35. The van der Waals surface area contributed by atoms with Gasteiger partial charge in [0.1, 0.15) is 6.04 Å². The number of nitrogens with one attached hydrogen (secondary N) is 1. The van der Waals surface area contributed by atoms with E-state index >= 15 is 0 Å². The summed E-state index contributed by atoms with van der Waals surface area (Å²) in [5, 5.41) is 3.30. The highest BCUT2D eigenvalue weighted by Crippen LogP contribution is 2.20. The van der Waals surface area contributed by atoms with Crippen molar-refractivity contribution in [1.82, 2.24) is 5.32 Å². The molecule has 6 heteroatoms. The predicted molar refractivity (Wildman–Crippen MR) is 81.2 cm³/mol. The summed E-state index contributed by atoms with van der Waals surface area (Å²) in [6.07, 6.45) is 0. The SMILES string of the molecule is COCCNCc1ccc(N2CCOCC2C(N)=O)cc1. The van der Waals surface area contributed by atoms with Crippen LogP contribution in [0, 0.1) is 0 Å². The molecule has 0 bridgehead atoms. The molecule has 1 heterocycles. The van der Waals surface area contributed by atoms with Gasteiger partial charge in [0.05, 0.1) is 19.8 Å². The van der Waals surface area contributed by atoms with Crippen LogP contribution in [0.3, 0.4) is 0 Å². The van der Waals surface area contributed by atoms with E-state index in [0.717, 1.165) is 18.8 Å². The molecule has 116 valence electrons. The van der Waals surface area contributed by atoms with E-state index in [0.29, 0.717) is 26.4 Å². The van der Waals surface area contributed by atoms with E-state index in [9.17, 15) is 4.79 Å². The molecule has 3 N–H and O–H groups in total. The number of methoxy groups -OCH3 is 1. The van der Waals surface area contributed by atoms with Gasteiger partial charge >= 0.3 is 0 Å². The molecule has 1 fully saturated rings. The van der Waals surface area contributed by atoms with Crippen LogP contribution in [0.5, 0.6) is 0 Å². The molecule has 21 heavy (non-hydrogen) atoms. The van der Waals surface area contributed by atoms with Gasteiger partial charge in [-0.3, -0.25) is 4.79 Å². The molecule has 1 saturated heterocycles. The molecule has 1 aromatic carbocycles. The zero-order chi connectivity index (χ0) is 15.1. The lowest BCUT2D eigenvalue weighted by atomic mass is 10.1. The van der Waals surface area contributed by atoms with E-state index in [1.54, 1.807) is 7.11 Å². The Kier molecular flexibility index (Phi) is 5.98. The average Bonchev–Trinajstić information content (AvgIpc) is 2.52. The lowest BCUT2D eigenvalue weighted by Crippen LogP contribution is -2.52. The third kappa shape index (κ3) is 4.42. The van der Waals surface area contributed by atoms with E-state index < -0.39 is 0 Å². The first-order valence-corrected chi connectivity index (χ1v) is 7.14. The molecule has 0 spiro atoms. The van der Waals surface area contributed by atoms with Gasteiger partial charge < -0.3 is 25.4 Å². The molecule has 1 unspecified atom stereocenters. The summed E-state index contributed by atoms with van der Waals surface area (Å²) in [7, 11) is 1.69. The fourth-order valence-corrected chi connectivity index (χ4v) is 2.36. The Bertz CT molecular complexity index is 450. The fourth-order valence-electron chi connectivity index (χ4n) is 2.36. The molecular formula is C15H23N3O3. The molecule has 1 aliphatic heterocycles. The number of anilines is 1. The number of ether oxygens (including phenoxy) is 2. The quantitative estimate of drug-likeness (QED) is 0.698. The van der Waals surface area contributed by atoms with Crippen LogP contribution in [0.4, 0.5) is 5.69 Å². The standard InChI is InChI=1S/C15H23N3O3/c1-20-8-6-17-10-12-2-4-13(5-3-12)18-7-9-21-11-14(18)15(16)19/h2-5,14,17H,6-11H2,1H3,(H2,16,19). The minimum Gasteiger partial charge on any atom is -0.383 e. The normalized spacial score (nSPS) is 18.7. The van der Waals surface area contributed by atoms with Crippen LogP contribution < -0.4 is 16.0 Å². The van der Waals surface area contributed by atoms with Crippen molar-refractivity contribution in [2.45, 2.75) is 12.6 Å². The van der Waals surface area contributed by atoms with Gasteiger partial charge in [0.2, 0.25) is 5.91 Å². The minimum absolute atomic E-state index is 0.347. The molecule has 0 aliphatic carbocycles. The summed E-state index contributed by atoms with van der Waals surface area (Å²) in [6.45, 7) is 3.97. The van der Waals surface area contributed by atoms with Crippen LogP contribution in [-0.4, -0.2) is 52.0 Å². The van der Waals surface area contributed by atoms with E-state index in [1.807, 2.05) is 17.0 Å². The van der Waals surface area contributed by atoms with Crippen molar-refractivity contribution in [3.63, 3.8) is 0 Å². The van der Waals surface area contributed by atoms with Gasteiger partial charge in [-0.2, -0.15) is 0 Å². The molecule has 2 rings (SSSR count). The zero-order valence-corrected chi connectivity index (χ0v) is 12.4. The molecule has 0 aromatic heterocycles. The second-order valence-electron chi connectivity index (χ2n) is 5.02. The molecule has 1 amide bonds. The summed E-state index contributed by atoms with van der Waals surface area (Å²) >= 11 is 0. The van der Waals surface area contributed by atoms with E-state index in [4.69, 9.17) is 15.2 Å². The molecule has 0 radical (unpaired) electrons. The first-order chi connectivity index (χ1) is 10.2. The van der Waals surface area contributed by atoms with Gasteiger partial charge in [-0.1, -0.05) is 12.1 Å². The highest BCUT2D eigenvalue weighted by Gasteiger charge is 2.27. The topological polar surface area (TPSA) is 76.8 Å². The van der Waals surface area contributed by atoms with Gasteiger partial charge in [-0.15, -0.1) is 0 Å². The van der Waals surface area contributed by atoms with Gasteiger partial charge in [-0.05, 0) is 17.7 Å². The first kappa shape index (κ1) is 15.8. The maximum absolute atomic E-state index is 11.5. The minimum atomic E-state index is -0.385. The van der Waals surface area contributed by atoms with Crippen LogP contribution in [0.15, 0.2) is 24.3 Å². The Labute approximate surface area is 125 Å². The van der Waals surface area contributed by atoms with Crippen molar-refractivity contribution < 1.29 is 14.3 Å².